The van der Waals surface area contributed by atoms with Crippen LogP contribution in [0.15, 0.2) is 55.2 Å². The molecule has 3 aromatic rings. The summed E-state index contributed by atoms with van der Waals surface area (Å²) in [5.41, 5.74) is 1.91. The highest BCUT2D eigenvalue weighted by Crippen LogP contribution is 2.32. The fourth-order valence-electron chi connectivity index (χ4n) is 5.06. The molecule has 8 heteroatoms. The van der Waals surface area contributed by atoms with E-state index in [1.54, 1.807) is 18.0 Å². The van der Waals surface area contributed by atoms with Gasteiger partial charge in [0.15, 0.2) is 0 Å². The molecule has 0 aromatic carbocycles. The minimum atomic E-state index is -0.345. The van der Waals surface area contributed by atoms with Crippen molar-refractivity contribution in [2.45, 2.75) is 45.6 Å². The highest BCUT2D eigenvalue weighted by atomic mass is 16.6. The van der Waals surface area contributed by atoms with Crippen LogP contribution in [0.5, 0.6) is 0 Å². The number of ether oxygens (including phenoxy) is 1. The van der Waals surface area contributed by atoms with Gasteiger partial charge in [0, 0.05) is 67.1 Å². The van der Waals surface area contributed by atoms with Gasteiger partial charge in [0.25, 0.3) is 0 Å². The van der Waals surface area contributed by atoms with Crippen molar-refractivity contribution in [3.8, 4) is 11.3 Å². The SMILES string of the molecule is C=C(C)OC(=O)N1CCN(c2nc(-c3ccnc(NC4CCC(C)CC4)c3)cc3cnccc23)CC1. The monoisotopic (exact) mass is 486 g/mol. The lowest BCUT2D eigenvalue weighted by molar-refractivity contribution is 0.126. The van der Waals surface area contributed by atoms with Gasteiger partial charge in [-0.25, -0.2) is 14.8 Å². The number of fused-ring (bicyclic) bond motifs is 1. The van der Waals surface area contributed by atoms with Crippen molar-refractivity contribution in [3.05, 3.63) is 55.2 Å². The van der Waals surface area contributed by atoms with E-state index in [2.05, 4.69) is 45.8 Å². The number of hydrogen-bond acceptors (Lipinski definition) is 7. The van der Waals surface area contributed by atoms with Crippen LogP contribution >= 0.6 is 0 Å². The Bertz CT molecular complexity index is 1250. The molecule has 1 amide bonds. The van der Waals surface area contributed by atoms with Crippen LogP contribution in [0.2, 0.25) is 0 Å². The van der Waals surface area contributed by atoms with Gasteiger partial charge in [-0.15, -0.1) is 0 Å². The minimum absolute atomic E-state index is 0.345. The molecule has 2 fully saturated rings. The van der Waals surface area contributed by atoms with Gasteiger partial charge >= 0.3 is 6.09 Å². The molecular formula is C28H34N6O2. The third-order valence-electron chi connectivity index (χ3n) is 7.13. The Hall–Kier alpha value is -3.68. The first-order valence-electron chi connectivity index (χ1n) is 12.8. The molecule has 0 bridgehead atoms. The van der Waals surface area contributed by atoms with E-state index in [1.807, 2.05) is 24.5 Å². The normalized spacial score (nSPS) is 20.3. The average Bonchev–Trinajstić information content (AvgIpc) is 2.89. The Balaban J connectivity index is 1.39. The first-order valence-corrected chi connectivity index (χ1v) is 12.8. The van der Waals surface area contributed by atoms with Crippen molar-refractivity contribution in [2.75, 3.05) is 36.4 Å². The molecule has 1 aliphatic heterocycles. The Labute approximate surface area is 212 Å². The van der Waals surface area contributed by atoms with Gasteiger partial charge in [0.1, 0.15) is 11.6 Å². The largest absolute Gasteiger partial charge is 0.416 e. The van der Waals surface area contributed by atoms with E-state index in [1.165, 1.54) is 25.7 Å². The smallest absolute Gasteiger partial charge is 0.414 e. The summed E-state index contributed by atoms with van der Waals surface area (Å²) in [5.74, 6) is 3.02. The quantitative estimate of drug-likeness (QED) is 0.479. The Morgan fingerprint density at radius 1 is 1.08 bits per heavy atom. The molecule has 1 N–H and O–H groups in total. The van der Waals surface area contributed by atoms with Crippen LogP contribution in [0.1, 0.15) is 39.5 Å². The number of piperazine rings is 1. The lowest BCUT2D eigenvalue weighted by Gasteiger charge is -2.35. The molecule has 1 saturated heterocycles. The predicted molar refractivity (Wildman–Crippen MR) is 143 cm³/mol. The van der Waals surface area contributed by atoms with Crippen LogP contribution in [0.4, 0.5) is 16.4 Å². The summed E-state index contributed by atoms with van der Waals surface area (Å²) < 4.78 is 5.19. The lowest BCUT2D eigenvalue weighted by Crippen LogP contribution is -2.49. The maximum atomic E-state index is 12.3. The zero-order valence-corrected chi connectivity index (χ0v) is 21.1. The lowest BCUT2D eigenvalue weighted by atomic mass is 9.87. The second-order valence-corrected chi connectivity index (χ2v) is 10.0. The second-order valence-electron chi connectivity index (χ2n) is 10.0. The minimum Gasteiger partial charge on any atom is -0.416 e. The molecule has 0 spiro atoms. The summed E-state index contributed by atoms with van der Waals surface area (Å²) >= 11 is 0. The molecule has 0 atom stereocenters. The number of carbonyl (C=O) groups excluding carboxylic acids is 1. The van der Waals surface area contributed by atoms with Crippen molar-refractivity contribution in [3.63, 3.8) is 0 Å². The maximum Gasteiger partial charge on any atom is 0.414 e. The summed E-state index contributed by atoms with van der Waals surface area (Å²) in [6.07, 6.45) is 10.1. The van der Waals surface area contributed by atoms with Crippen molar-refractivity contribution < 1.29 is 9.53 Å². The molecule has 1 aliphatic carbocycles. The fraction of sp³-hybridized carbons (Fsp3) is 0.429. The van der Waals surface area contributed by atoms with E-state index in [4.69, 9.17) is 9.72 Å². The zero-order valence-electron chi connectivity index (χ0n) is 21.1. The maximum absolute atomic E-state index is 12.3. The van der Waals surface area contributed by atoms with Gasteiger partial charge in [0.05, 0.1) is 11.5 Å². The van der Waals surface area contributed by atoms with Crippen molar-refractivity contribution >= 4 is 28.5 Å². The van der Waals surface area contributed by atoms with Gasteiger partial charge < -0.3 is 19.9 Å². The van der Waals surface area contributed by atoms with Gasteiger partial charge in [0.2, 0.25) is 0 Å². The first kappa shape index (κ1) is 24.0. The Morgan fingerprint density at radius 2 is 1.86 bits per heavy atom. The standard InChI is InChI=1S/C28H34N6O2/c1-19(2)36-28(35)34-14-12-33(13-15-34)27-24-9-10-29-18-22(24)16-25(32-27)21-8-11-30-26(17-21)31-23-6-4-20(3)5-7-23/h8-11,16-18,20,23H,1,4-7,12-15H2,2-3H3,(H,30,31). The van der Waals surface area contributed by atoms with Gasteiger partial charge in [-0.1, -0.05) is 13.5 Å². The molecule has 0 unspecified atom stereocenters. The summed E-state index contributed by atoms with van der Waals surface area (Å²) in [6.45, 7) is 10.1. The number of anilines is 2. The highest BCUT2D eigenvalue weighted by molar-refractivity contribution is 5.94. The molecule has 0 radical (unpaired) electrons. The highest BCUT2D eigenvalue weighted by Gasteiger charge is 2.25. The Kier molecular flexibility index (Phi) is 7.02. The third-order valence-corrected chi connectivity index (χ3v) is 7.13. The molecule has 1 saturated carbocycles. The molecule has 5 rings (SSSR count). The summed E-state index contributed by atoms with van der Waals surface area (Å²) in [5, 5.41) is 5.73. The van der Waals surface area contributed by atoms with Gasteiger partial charge in [-0.2, -0.15) is 0 Å². The number of amides is 1. The van der Waals surface area contributed by atoms with Gasteiger partial charge in [-0.3, -0.25) is 4.98 Å². The van der Waals surface area contributed by atoms with E-state index in [9.17, 15) is 4.79 Å². The molecule has 4 heterocycles. The number of nitrogens with zero attached hydrogens (tertiary/aromatic N) is 5. The molecule has 36 heavy (non-hydrogen) atoms. The van der Waals surface area contributed by atoms with E-state index in [-0.39, 0.29) is 6.09 Å². The fourth-order valence-corrected chi connectivity index (χ4v) is 5.06. The molecular weight excluding hydrogens is 452 g/mol. The van der Waals surface area contributed by atoms with E-state index in [0.717, 1.165) is 39.6 Å². The van der Waals surface area contributed by atoms with E-state index >= 15 is 0 Å². The number of allylic oxidation sites excluding steroid dienone is 1. The predicted octanol–water partition coefficient (Wildman–Crippen LogP) is 5.47. The third kappa shape index (κ3) is 5.42. The van der Waals surface area contributed by atoms with Gasteiger partial charge in [-0.05, 0) is 62.8 Å². The summed E-state index contributed by atoms with van der Waals surface area (Å²) in [6, 6.07) is 8.67. The number of carbonyl (C=O) groups is 1. The van der Waals surface area contributed by atoms with Crippen molar-refractivity contribution in [1.29, 1.82) is 0 Å². The second kappa shape index (κ2) is 10.5. The van der Waals surface area contributed by atoms with Crippen LogP contribution in [0, 0.1) is 5.92 Å². The number of hydrogen-bond donors (Lipinski definition) is 1. The van der Waals surface area contributed by atoms with E-state index < -0.39 is 0 Å². The number of rotatable bonds is 5. The summed E-state index contributed by atoms with van der Waals surface area (Å²) in [7, 11) is 0. The van der Waals surface area contributed by atoms with Crippen LogP contribution < -0.4 is 10.2 Å². The van der Waals surface area contributed by atoms with Crippen molar-refractivity contribution in [2.24, 2.45) is 5.92 Å². The molecule has 3 aromatic heterocycles. The van der Waals surface area contributed by atoms with Crippen LogP contribution in [0.25, 0.3) is 22.0 Å². The van der Waals surface area contributed by atoms with Crippen LogP contribution in [-0.2, 0) is 4.74 Å². The van der Waals surface area contributed by atoms with E-state index in [0.29, 0.717) is 38.0 Å². The summed E-state index contributed by atoms with van der Waals surface area (Å²) in [4.78, 5) is 30.3. The first-order chi connectivity index (χ1) is 17.5. The number of aromatic nitrogens is 3. The molecule has 8 nitrogen and oxygen atoms in total. The topological polar surface area (TPSA) is 83.5 Å². The molecule has 188 valence electrons. The zero-order chi connectivity index (χ0) is 25.1. The average molecular weight is 487 g/mol. The van der Waals surface area contributed by atoms with Crippen molar-refractivity contribution in [1.82, 2.24) is 19.9 Å². The molecule has 2 aliphatic rings. The number of nitrogens with one attached hydrogen (secondary N) is 1. The number of pyridine rings is 3. The van der Waals surface area contributed by atoms with Crippen LogP contribution in [-0.4, -0.2) is 58.2 Å². The van der Waals surface area contributed by atoms with Crippen LogP contribution in [0.3, 0.4) is 0 Å². The Morgan fingerprint density at radius 3 is 2.61 bits per heavy atom.